The smallest absolute Gasteiger partial charge is 0.209 e. The van der Waals surface area contributed by atoms with E-state index in [1.807, 2.05) is 0 Å². The van der Waals surface area contributed by atoms with Crippen LogP contribution in [-0.2, 0) is 0 Å². The number of hydrogen-bond donors (Lipinski definition) is 4. The molecule has 1 rings (SSSR count). The van der Waals surface area contributed by atoms with Gasteiger partial charge in [-0.2, -0.15) is 4.73 Å². The largest absolute Gasteiger partial charge is 0.425 e. The number of nitrogen functional groups attached to an aromatic ring is 3. The lowest BCUT2D eigenvalue weighted by Crippen LogP contribution is -2.18. The van der Waals surface area contributed by atoms with Gasteiger partial charge in [0.05, 0.1) is 0 Å². The Morgan fingerprint density at radius 2 is 1.91 bits per heavy atom. The maximum absolute atomic E-state index is 10.8. The van der Waals surface area contributed by atoms with Gasteiger partial charge in [-0.1, -0.05) is 0 Å². The van der Waals surface area contributed by atoms with Crippen LogP contribution >= 0.6 is 0 Å². The van der Waals surface area contributed by atoms with E-state index in [-0.39, 0.29) is 17.3 Å². The Bertz CT molecular complexity index is 343. The van der Waals surface area contributed by atoms with E-state index in [9.17, 15) is 4.79 Å². The molecule has 1 aromatic heterocycles. The molecule has 0 aliphatic rings. The third kappa shape index (κ3) is 0.936. The van der Waals surface area contributed by atoms with Gasteiger partial charge in [-0.15, -0.1) is 0 Å². The molecule has 6 heteroatoms. The third-order valence-corrected chi connectivity index (χ3v) is 1.29. The fraction of sp³-hybridized carbons (Fsp3) is 0. The van der Waals surface area contributed by atoms with Crippen LogP contribution in [0.2, 0.25) is 0 Å². The highest BCUT2D eigenvalue weighted by atomic mass is 16.5. The van der Waals surface area contributed by atoms with Crippen LogP contribution in [0.1, 0.15) is 0 Å². The molecule has 0 fully saturated rings. The fourth-order valence-corrected chi connectivity index (χ4v) is 0.653. The predicted octanol–water partition coefficient (Wildman–Crippen LogP) is -1.17. The zero-order chi connectivity index (χ0) is 8.59. The Morgan fingerprint density at radius 1 is 1.36 bits per heavy atom. The molecule has 7 N–H and O–H groups in total. The van der Waals surface area contributed by atoms with E-state index in [0.717, 1.165) is 6.07 Å². The summed E-state index contributed by atoms with van der Waals surface area (Å²) in [6.07, 6.45) is 0. The molecular weight excluding hydrogens is 148 g/mol. The maximum Gasteiger partial charge on any atom is 0.209 e. The van der Waals surface area contributed by atoms with Crippen LogP contribution in [0.25, 0.3) is 0 Å². The number of aromatic nitrogens is 1. The molecule has 60 valence electrons. The highest BCUT2D eigenvalue weighted by Crippen LogP contribution is 2.10. The molecule has 0 bridgehead atoms. The topological polar surface area (TPSA) is 120 Å². The van der Waals surface area contributed by atoms with Crippen LogP contribution in [0.15, 0.2) is 10.9 Å². The average molecular weight is 156 g/mol. The molecule has 6 nitrogen and oxygen atoms in total. The SMILES string of the molecule is Nc1c(N)n(O)c(N)cc1=O. The lowest BCUT2D eigenvalue weighted by molar-refractivity contribution is 0.197. The minimum Gasteiger partial charge on any atom is -0.425 e. The first-order valence-electron chi connectivity index (χ1n) is 2.79. The van der Waals surface area contributed by atoms with Gasteiger partial charge in [0.1, 0.15) is 11.5 Å². The van der Waals surface area contributed by atoms with Crippen molar-refractivity contribution in [1.82, 2.24) is 4.73 Å². The molecule has 0 saturated carbocycles. The van der Waals surface area contributed by atoms with E-state index < -0.39 is 5.43 Å². The molecule has 11 heavy (non-hydrogen) atoms. The van der Waals surface area contributed by atoms with E-state index >= 15 is 0 Å². The van der Waals surface area contributed by atoms with Crippen molar-refractivity contribution < 1.29 is 5.21 Å². The molecule has 0 atom stereocenters. The fourth-order valence-electron chi connectivity index (χ4n) is 0.653. The lowest BCUT2D eigenvalue weighted by Gasteiger charge is -2.06. The number of nitrogens with zero attached hydrogens (tertiary/aromatic N) is 1. The molecule has 0 aliphatic heterocycles. The molecule has 0 spiro atoms. The van der Waals surface area contributed by atoms with Crippen LogP contribution < -0.4 is 22.6 Å². The second-order valence-electron chi connectivity index (χ2n) is 2.04. The summed E-state index contributed by atoms with van der Waals surface area (Å²) in [6, 6.07) is 0.992. The minimum atomic E-state index is -0.495. The van der Waals surface area contributed by atoms with Crippen LogP contribution in [0, 0.1) is 0 Å². The molecule has 1 aromatic rings. The lowest BCUT2D eigenvalue weighted by atomic mass is 10.3. The van der Waals surface area contributed by atoms with Gasteiger partial charge in [0, 0.05) is 6.07 Å². The Balaban J connectivity index is 3.59. The standard InChI is InChI=1S/C5H8N4O2/c6-3-1-2(10)4(7)5(8)9(3)11/h1,11H,6-8H2. The number of anilines is 3. The second-order valence-corrected chi connectivity index (χ2v) is 2.04. The predicted molar refractivity (Wildman–Crippen MR) is 41.1 cm³/mol. The van der Waals surface area contributed by atoms with E-state index in [4.69, 9.17) is 22.4 Å². The van der Waals surface area contributed by atoms with Gasteiger partial charge < -0.3 is 22.4 Å². The highest BCUT2D eigenvalue weighted by Gasteiger charge is 2.06. The molecular formula is C5H8N4O2. The van der Waals surface area contributed by atoms with Crippen molar-refractivity contribution in [3.8, 4) is 0 Å². The van der Waals surface area contributed by atoms with Gasteiger partial charge in [-0.25, -0.2) is 0 Å². The van der Waals surface area contributed by atoms with E-state index in [1.165, 1.54) is 0 Å². The van der Waals surface area contributed by atoms with Crippen molar-refractivity contribution in [2.24, 2.45) is 0 Å². The Hall–Kier alpha value is -1.85. The first kappa shape index (κ1) is 7.26. The number of pyridine rings is 1. The summed E-state index contributed by atoms with van der Waals surface area (Å²) in [7, 11) is 0. The molecule has 0 aromatic carbocycles. The monoisotopic (exact) mass is 156 g/mol. The van der Waals surface area contributed by atoms with Crippen molar-refractivity contribution in [2.45, 2.75) is 0 Å². The van der Waals surface area contributed by atoms with E-state index in [1.54, 1.807) is 0 Å². The van der Waals surface area contributed by atoms with Crippen molar-refractivity contribution in [1.29, 1.82) is 0 Å². The Labute approximate surface area is 61.8 Å². The van der Waals surface area contributed by atoms with Gasteiger partial charge in [0.2, 0.25) is 5.43 Å². The van der Waals surface area contributed by atoms with E-state index in [2.05, 4.69) is 0 Å². The van der Waals surface area contributed by atoms with Crippen LogP contribution in [0.4, 0.5) is 17.3 Å². The van der Waals surface area contributed by atoms with Gasteiger partial charge >= 0.3 is 0 Å². The second kappa shape index (κ2) is 2.08. The maximum atomic E-state index is 10.8. The highest BCUT2D eigenvalue weighted by molar-refractivity contribution is 5.61. The van der Waals surface area contributed by atoms with Crippen LogP contribution in [0.3, 0.4) is 0 Å². The van der Waals surface area contributed by atoms with Gasteiger partial charge in [-0.05, 0) is 0 Å². The number of rotatable bonds is 0. The van der Waals surface area contributed by atoms with Gasteiger partial charge in [0.25, 0.3) is 0 Å². The summed E-state index contributed by atoms with van der Waals surface area (Å²) in [5.41, 5.74) is 14.8. The van der Waals surface area contributed by atoms with Crippen molar-refractivity contribution in [3.63, 3.8) is 0 Å². The first-order valence-corrected chi connectivity index (χ1v) is 2.79. The summed E-state index contributed by atoms with van der Waals surface area (Å²) >= 11 is 0. The average Bonchev–Trinajstić information content (AvgIpc) is 1.97. The molecule has 0 amide bonds. The summed E-state index contributed by atoms with van der Waals surface area (Å²) in [6.45, 7) is 0. The van der Waals surface area contributed by atoms with Crippen LogP contribution in [0.5, 0.6) is 0 Å². The van der Waals surface area contributed by atoms with Crippen molar-refractivity contribution >= 4 is 17.3 Å². The van der Waals surface area contributed by atoms with Crippen LogP contribution in [-0.4, -0.2) is 9.94 Å². The molecule has 1 heterocycles. The molecule has 0 saturated heterocycles. The number of nitrogens with two attached hydrogens (primary N) is 3. The summed E-state index contributed by atoms with van der Waals surface area (Å²) < 4.78 is 0.455. The molecule has 0 radical (unpaired) electrons. The minimum absolute atomic E-state index is 0.137. The summed E-state index contributed by atoms with van der Waals surface area (Å²) in [4.78, 5) is 10.8. The van der Waals surface area contributed by atoms with Crippen molar-refractivity contribution in [2.75, 3.05) is 17.2 Å². The van der Waals surface area contributed by atoms with Crippen molar-refractivity contribution in [3.05, 3.63) is 16.3 Å². The van der Waals surface area contributed by atoms with E-state index in [0.29, 0.717) is 4.73 Å². The summed E-state index contributed by atoms with van der Waals surface area (Å²) in [5, 5.41) is 8.96. The van der Waals surface area contributed by atoms with Gasteiger partial charge in [0.15, 0.2) is 5.82 Å². The zero-order valence-electron chi connectivity index (χ0n) is 5.61. The molecule has 0 aliphatic carbocycles. The Morgan fingerprint density at radius 3 is 2.45 bits per heavy atom. The first-order chi connectivity index (χ1) is 5.04. The zero-order valence-corrected chi connectivity index (χ0v) is 5.61. The summed E-state index contributed by atoms with van der Waals surface area (Å²) in [5.74, 6) is -0.378. The normalized spacial score (nSPS) is 9.82. The third-order valence-electron chi connectivity index (χ3n) is 1.29. The van der Waals surface area contributed by atoms with Gasteiger partial charge in [-0.3, -0.25) is 4.79 Å². The number of hydrogen-bond acceptors (Lipinski definition) is 5. The molecule has 0 unspecified atom stereocenters. The quantitative estimate of drug-likeness (QED) is 0.353. The Kier molecular flexibility index (Phi) is 1.37.